The van der Waals surface area contributed by atoms with E-state index in [0.29, 0.717) is 0 Å². The Morgan fingerprint density at radius 2 is 1.67 bits per heavy atom. The molecule has 0 saturated carbocycles. The topological polar surface area (TPSA) is 30.7 Å². The zero-order valence-electron chi connectivity index (χ0n) is 12.2. The van der Waals surface area contributed by atoms with Crippen LogP contribution in [0.3, 0.4) is 0 Å². The molecule has 2 aromatic rings. The summed E-state index contributed by atoms with van der Waals surface area (Å²) in [6.07, 6.45) is 2.02. The number of hydrogen-bond donors (Lipinski definition) is 0. The van der Waals surface area contributed by atoms with Crippen molar-refractivity contribution < 1.29 is 0 Å². The highest BCUT2D eigenvalue weighted by atomic mass is 15.3. The number of fused-ring (bicyclic) bond motifs is 1. The van der Waals surface area contributed by atoms with Gasteiger partial charge in [0.2, 0.25) is 0 Å². The SMILES string of the molecule is CC(C)(C)[B]c1ccc2nn(C(C)(C)C)cc2n1. The summed E-state index contributed by atoms with van der Waals surface area (Å²) in [7, 11) is 2.18. The van der Waals surface area contributed by atoms with Crippen LogP contribution in [0.2, 0.25) is 5.31 Å². The molecule has 0 N–H and O–H groups in total. The van der Waals surface area contributed by atoms with Gasteiger partial charge in [0.25, 0.3) is 0 Å². The molecule has 2 rings (SSSR count). The highest BCUT2D eigenvalue weighted by Crippen LogP contribution is 2.20. The molecule has 95 valence electrons. The number of aromatic nitrogens is 3. The minimum absolute atomic E-state index is 0.00535. The van der Waals surface area contributed by atoms with Gasteiger partial charge in [-0.3, -0.25) is 9.67 Å². The Hall–Kier alpha value is -1.32. The maximum atomic E-state index is 4.66. The standard InChI is InChI=1S/C14H21BN3/c1-13(2,3)15-12-8-7-10-11(16-12)9-18(17-10)14(4,5)6/h7-9H,1-6H3. The van der Waals surface area contributed by atoms with Crippen molar-refractivity contribution in [1.29, 1.82) is 0 Å². The predicted molar refractivity (Wildman–Crippen MR) is 77.6 cm³/mol. The van der Waals surface area contributed by atoms with Crippen LogP contribution in [0.15, 0.2) is 18.3 Å². The van der Waals surface area contributed by atoms with Crippen molar-refractivity contribution in [3.8, 4) is 0 Å². The summed E-state index contributed by atoms with van der Waals surface area (Å²) >= 11 is 0. The summed E-state index contributed by atoms with van der Waals surface area (Å²) in [6, 6.07) is 4.08. The van der Waals surface area contributed by atoms with E-state index in [4.69, 9.17) is 0 Å². The molecule has 3 nitrogen and oxygen atoms in total. The normalized spacial score (nSPS) is 13.0. The van der Waals surface area contributed by atoms with E-state index in [1.807, 2.05) is 23.0 Å². The summed E-state index contributed by atoms with van der Waals surface area (Å²) in [5, 5.41) is 4.70. The lowest BCUT2D eigenvalue weighted by atomic mass is 9.53. The van der Waals surface area contributed by atoms with Gasteiger partial charge in [-0.05, 0) is 38.5 Å². The van der Waals surface area contributed by atoms with Gasteiger partial charge in [0.1, 0.15) is 11.0 Å². The zero-order valence-corrected chi connectivity index (χ0v) is 12.2. The Kier molecular flexibility index (Phi) is 3.00. The molecule has 0 bridgehead atoms. The predicted octanol–water partition coefficient (Wildman–Crippen LogP) is 2.73. The van der Waals surface area contributed by atoms with Gasteiger partial charge in [-0.2, -0.15) is 5.10 Å². The molecular formula is C14H21BN3. The first-order valence-electron chi connectivity index (χ1n) is 6.38. The summed E-state index contributed by atoms with van der Waals surface area (Å²) in [6.45, 7) is 13.0. The maximum Gasteiger partial charge on any atom is 0.184 e. The van der Waals surface area contributed by atoms with Gasteiger partial charge in [0, 0.05) is 0 Å². The molecule has 0 aliphatic rings. The molecular weight excluding hydrogens is 221 g/mol. The van der Waals surface area contributed by atoms with Crippen molar-refractivity contribution in [1.82, 2.24) is 14.8 Å². The lowest BCUT2D eigenvalue weighted by Crippen LogP contribution is -2.25. The largest absolute Gasteiger partial charge is 0.265 e. The van der Waals surface area contributed by atoms with E-state index >= 15 is 0 Å². The highest BCUT2D eigenvalue weighted by molar-refractivity contribution is 6.55. The van der Waals surface area contributed by atoms with E-state index in [0.717, 1.165) is 16.6 Å². The first kappa shape index (κ1) is 13.1. The minimum Gasteiger partial charge on any atom is -0.265 e. The molecule has 2 aromatic heterocycles. The second kappa shape index (κ2) is 4.11. The molecule has 0 aromatic carbocycles. The maximum absolute atomic E-state index is 4.66. The molecule has 0 amide bonds. The molecule has 0 atom stereocenters. The third-order valence-corrected chi connectivity index (χ3v) is 2.65. The van der Waals surface area contributed by atoms with Gasteiger partial charge in [0.15, 0.2) is 7.28 Å². The van der Waals surface area contributed by atoms with Gasteiger partial charge in [-0.1, -0.05) is 26.1 Å². The number of rotatable bonds is 1. The third-order valence-electron chi connectivity index (χ3n) is 2.65. The van der Waals surface area contributed by atoms with Crippen LogP contribution in [-0.2, 0) is 5.54 Å². The van der Waals surface area contributed by atoms with Crippen molar-refractivity contribution in [3.63, 3.8) is 0 Å². The summed E-state index contributed by atoms with van der Waals surface area (Å²) in [5.74, 6) is 0. The smallest absolute Gasteiger partial charge is 0.184 e. The summed E-state index contributed by atoms with van der Waals surface area (Å²) in [5.41, 5.74) is 2.93. The zero-order chi connectivity index (χ0) is 13.6. The van der Waals surface area contributed by atoms with Crippen LogP contribution in [0.5, 0.6) is 0 Å². The minimum atomic E-state index is -0.00535. The van der Waals surface area contributed by atoms with E-state index in [1.165, 1.54) is 0 Å². The fraction of sp³-hybridized carbons (Fsp3) is 0.571. The van der Waals surface area contributed by atoms with Crippen LogP contribution < -0.4 is 5.59 Å². The van der Waals surface area contributed by atoms with Crippen molar-refractivity contribution >= 4 is 23.9 Å². The van der Waals surface area contributed by atoms with Crippen molar-refractivity contribution in [2.45, 2.75) is 52.4 Å². The Bertz CT molecular complexity index is 558. The second-order valence-electron chi connectivity index (χ2n) is 6.90. The quantitative estimate of drug-likeness (QED) is 0.720. The molecule has 0 aliphatic carbocycles. The average molecular weight is 242 g/mol. The molecule has 0 fully saturated rings. The van der Waals surface area contributed by atoms with E-state index in [2.05, 4.69) is 58.9 Å². The Morgan fingerprint density at radius 1 is 1.00 bits per heavy atom. The summed E-state index contributed by atoms with van der Waals surface area (Å²) < 4.78 is 1.98. The van der Waals surface area contributed by atoms with Crippen molar-refractivity contribution in [2.24, 2.45) is 0 Å². The van der Waals surface area contributed by atoms with Crippen molar-refractivity contribution in [2.75, 3.05) is 0 Å². The average Bonchev–Trinajstić information content (AvgIpc) is 2.57. The first-order chi connectivity index (χ1) is 8.15. The third kappa shape index (κ3) is 2.92. The molecule has 4 heteroatoms. The Labute approximate surface area is 110 Å². The molecule has 1 radical (unpaired) electrons. The highest BCUT2D eigenvalue weighted by Gasteiger charge is 2.17. The van der Waals surface area contributed by atoms with E-state index in [-0.39, 0.29) is 10.9 Å². The van der Waals surface area contributed by atoms with Gasteiger partial charge >= 0.3 is 0 Å². The number of nitrogens with zero attached hydrogens (tertiary/aromatic N) is 3. The van der Waals surface area contributed by atoms with Crippen LogP contribution in [-0.4, -0.2) is 22.0 Å². The van der Waals surface area contributed by atoms with Crippen LogP contribution >= 0.6 is 0 Å². The fourth-order valence-corrected chi connectivity index (χ4v) is 1.79. The van der Waals surface area contributed by atoms with E-state index in [1.54, 1.807) is 0 Å². The fourth-order valence-electron chi connectivity index (χ4n) is 1.79. The van der Waals surface area contributed by atoms with Gasteiger partial charge in [0.05, 0.1) is 11.7 Å². The van der Waals surface area contributed by atoms with Crippen LogP contribution in [0, 0.1) is 0 Å². The van der Waals surface area contributed by atoms with Crippen molar-refractivity contribution in [3.05, 3.63) is 18.3 Å². The van der Waals surface area contributed by atoms with E-state index < -0.39 is 0 Å². The molecule has 2 heterocycles. The lowest BCUT2D eigenvalue weighted by Gasteiger charge is -2.18. The molecule has 0 spiro atoms. The molecule has 0 saturated heterocycles. The molecule has 18 heavy (non-hydrogen) atoms. The first-order valence-corrected chi connectivity index (χ1v) is 6.38. The van der Waals surface area contributed by atoms with Gasteiger partial charge < -0.3 is 0 Å². The van der Waals surface area contributed by atoms with Gasteiger partial charge in [-0.25, -0.2) is 0 Å². The molecule has 0 unspecified atom stereocenters. The number of hydrogen-bond acceptors (Lipinski definition) is 2. The van der Waals surface area contributed by atoms with E-state index in [9.17, 15) is 0 Å². The molecule has 0 aliphatic heterocycles. The monoisotopic (exact) mass is 242 g/mol. The number of pyridine rings is 1. The van der Waals surface area contributed by atoms with Crippen LogP contribution in [0.4, 0.5) is 0 Å². The Morgan fingerprint density at radius 3 is 2.22 bits per heavy atom. The lowest BCUT2D eigenvalue weighted by molar-refractivity contribution is 0.358. The van der Waals surface area contributed by atoms with Crippen LogP contribution in [0.25, 0.3) is 11.0 Å². The Balaban J connectivity index is 2.40. The summed E-state index contributed by atoms with van der Waals surface area (Å²) in [4.78, 5) is 4.66. The van der Waals surface area contributed by atoms with Crippen LogP contribution in [0.1, 0.15) is 41.5 Å². The second-order valence-corrected chi connectivity index (χ2v) is 6.90. The van der Waals surface area contributed by atoms with Gasteiger partial charge in [-0.15, -0.1) is 0 Å².